The predicted octanol–water partition coefficient (Wildman–Crippen LogP) is 3.24. The van der Waals surface area contributed by atoms with Crippen molar-refractivity contribution in [3.05, 3.63) is 34.9 Å². The molecule has 1 aromatic rings. The number of halogens is 1. The molecule has 0 bridgehead atoms. The van der Waals surface area contributed by atoms with Crippen molar-refractivity contribution in [2.75, 3.05) is 13.2 Å². The molecule has 0 radical (unpaired) electrons. The molecule has 0 atom stereocenters. The Morgan fingerprint density at radius 1 is 1.11 bits per heavy atom. The maximum Gasteiger partial charge on any atom is 0.340 e. The lowest BCUT2D eigenvalue weighted by molar-refractivity contribution is -0.515. The van der Waals surface area contributed by atoms with Crippen LogP contribution in [0, 0.1) is 0 Å². The summed E-state index contributed by atoms with van der Waals surface area (Å²) in [5.74, 6) is -1.29. The zero-order valence-corrected chi connectivity index (χ0v) is 11.5. The van der Waals surface area contributed by atoms with E-state index in [0.29, 0.717) is 23.8 Å². The second kappa shape index (κ2) is 5.15. The van der Waals surface area contributed by atoms with Crippen LogP contribution in [0.25, 0.3) is 0 Å². The highest BCUT2D eigenvalue weighted by Crippen LogP contribution is 2.34. The van der Waals surface area contributed by atoms with Gasteiger partial charge in [-0.1, -0.05) is 11.6 Å². The Balaban J connectivity index is 2.19. The number of rotatable bonds is 3. The van der Waals surface area contributed by atoms with Crippen LogP contribution in [0.2, 0.25) is 5.02 Å². The molecule has 4 nitrogen and oxygen atoms in total. The Kier molecular flexibility index (Phi) is 3.94. The third kappa shape index (κ3) is 3.22. The van der Waals surface area contributed by atoms with Gasteiger partial charge in [-0.15, -0.1) is 0 Å². The molecular formula is C13H17ClO4. The van der Waals surface area contributed by atoms with Crippen molar-refractivity contribution in [3.63, 3.8) is 0 Å². The third-order valence-corrected chi connectivity index (χ3v) is 2.52. The van der Waals surface area contributed by atoms with Crippen LogP contribution >= 0.6 is 11.6 Å². The average Bonchev–Trinajstić information content (AvgIpc) is 2.76. The lowest BCUT2D eigenvalue weighted by atomic mass is 10.2. The fourth-order valence-electron chi connectivity index (χ4n) is 1.49. The minimum Gasteiger partial charge on any atom is -0.319 e. The molecule has 0 aliphatic carbocycles. The van der Waals surface area contributed by atoms with Gasteiger partial charge in [0.1, 0.15) is 0 Å². The summed E-state index contributed by atoms with van der Waals surface area (Å²) in [6, 6.07) is 7.09. The van der Waals surface area contributed by atoms with E-state index in [1.54, 1.807) is 24.3 Å². The number of hydrogen-bond donors (Lipinski definition) is 0. The van der Waals surface area contributed by atoms with Gasteiger partial charge in [0.2, 0.25) is 0 Å². The van der Waals surface area contributed by atoms with E-state index in [9.17, 15) is 0 Å². The molecule has 0 amide bonds. The average molecular weight is 273 g/mol. The number of hydrogen-bond acceptors (Lipinski definition) is 4. The van der Waals surface area contributed by atoms with Crippen molar-refractivity contribution < 1.29 is 19.2 Å². The Morgan fingerprint density at radius 3 is 2.17 bits per heavy atom. The molecule has 1 aromatic carbocycles. The predicted molar refractivity (Wildman–Crippen MR) is 67.0 cm³/mol. The van der Waals surface area contributed by atoms with Gasteiger partial charge in [-0.3, -0.25) is 0 Å². The van der Waals surface area contributed by atoms with Gasteiger partial charge < -0.3 is 9.47 Å². The van der Waals surface area contributed by atoms with Crippen LogP contribution in [-0.4, -0.2) is 18.8 Å². The highest BCUT2D eigenvalue weighted by molar-refractivity contribution is 6.30. The van der Waals surface area contributed by atoms with Crippen molar-refractivity contribution in [3.8, 4) is 0 Å². The van der Waals surface area contributed by atoms with Crippen molar-refractivity contribution in [1.82, 2.24) is 0 Å². The minimum atomic E-state index is -1.29. The summed E-state index contributed by atoms with van der Waals surface area (Å²) in [5.41, 5.74) is 0.267. The number of benzene rings is 1. The monoisotopic (exact) mass is 272 g/mol. The SMILES string of the molecule is CC(C)(C)OOC1(c2ccc(Cl)cc2)OCCO1. The Bertz CT molecular complexity index is 390. The quantitative estimate of drug-likeness (QED) is 0.625. The summed E-state index contributed by atoms with van der Waals surface area (Å²) < 4.78 is 11.1. The van der Waals surface area contributed by atoms with Gasteiger partial charge in [-0.05, 0) is 45.0 Å². The Morgan fingerprint density at radius 2 is 1.67 bits per heavy atom. The van der Waals surface area contributed by atoms with Gasteiger partial charge >= 0.3 is 5.97 Å². The second-order valence-electron chi connectivity index (χ2n) is 5.04. The molecule has 0 unspecified atom stereocenters. The van der Waals surface area contributed by atoms with Gasteiger partial charge in [0.25, 0.3) is 0 Å². The van der Waals surface area contributed by atoms with E-state index in [2.05, 4.69) is 0 Å². The van der Waals surface area contributed by atoms with E-state index in [4.69, 9.17) is 30.8 Å². The van der Waals surface area contributed by atoms with E-state index in [1.165, 1.54) is 0 Å². The molecule has 1 heterocycles. The van der Waals surface area contributed by atoms with E-state index < -0.39 is 11.6 Å². The Hall–Kier alpha value is -0.650. The first-order valence-corrected chi connectivity index (χ1v) is 6.20. The third-order valence-electron chi connectivity index (χ3n) is 2.27. The first-order valence-electron chi connectivity index (χ1n) is 5.82. The standard InChI is InChI=1S/C13H17ClO4/c1-12(2,3)17-18-13(15-8-9-16-13)10-4-6-11(14)7-5-10/h4-7H,8-9H2,1-3H3. The van der Waals surface area contributed by atoms with Crippen molar-refractivity contribution in [1.29, 1.82) is 0 Å². The van der Waals surface area contributed by atoms with Crippen molar-refractivity contribution in [2.45, 2.75) is 32.3 Å². The van der Waals surface area contributed by atoms with Crippen LogP contribution in [0.4, 0.5) is 0 Å². The fourth-order valence-corrected chi connectivity index (χ4v) is 1.62. The number of ether oxygens (including phenoxy) is 2. The molecule has 5 heteroatoms. The van der Waals surface area contributed by atoms with Crippen LogP contribution in [0.15, 0.2) is 24.3 Å². The molecule has 0 N–H and O–H groups in total. The van der Waals surface area contributed by atoms with E-state index in [0.717, 1.165) is 0 Å². The van der Waals surface area contributed by atoms with Crippen molar-refractivity contribution >= 4 is 11.6 Å². The summed E-state index contributed by atoms with van der Waals surface area (Å²) >= 11 is 5.86. The van der Waals surface area contributed by atoms with E-state index >= 15 is 0 Å². The maximum atomic E-state index is 5.86. The molecule has 1 aliphatic rings. The largest absolute Gasteiger partial charge is 0.340 e. The van der Waals surface area contributed by atoms with Gasteiger partial charge in [0.05, 0.1) is 18.8 Å². The van der Waals surface area contributed by atoms with Crippen LogP contribution in [0.3, 0.4) is 0 Å². The normalized spacial score (nSPS) is 19.1. The summed E-state index contributed by atoms with van der Waals surface area (Å²) in [6.45, 7) is 6.57. The van der Waals surface area contributed by atoms with Gasteiger partial charge in [0, 0.05) is 10.6 Å². The zero-order chi connectivity index (χ0) is 13.2. The highest BCUT2D eigenvalue weighted by atomic mass is 35.5. The van der Waals surface area contributed by atoms with E-state index in [1.807, 2.05) is 20.8 Å². The topological polar surface area (TPSA) is 36.9 Å². The minimum absolute atomic E-state index is 0.450. The molecule has 1 saturated heterocycles. The smallest absolute Gasteiger partial charge is 0.319 e. The zero-order valence-electron chi connectivity index (χ0n) is 10.7. The molecular weight excluding hydrogens is 256 g/mol. The van der Waals surface area contributed by atoms with Crippen LogP contribution in [-0.2, 0) is 25.2 Å². The molecule has 18 heavy (non-hydrogen) atoms. The molecule has 0 spiro atoms. The Labute approximate surface area is 112 Å². The molecule has 0 aromatic heterocycles. The van der Waals surface area contributed by atoms with Gasteiger partial charge in [-0.2, -0.15) is 4.89 Å². The van der Waals surface area contributed by atoms with Crippen LogP contribution in [0.1, 0.15) is 26.3 Å². The van der Waals surface area contributed by atoms with Gasteiger partial charge in [0.15, 0.2) is 0 Å². The molecule has 1 aliphatic heterocycles. The van der Waals surface area contributed by atoms with Crippen LogP contribution < -0.4 is 0 Å². The summed E-state index contributed by atoms with van der Waals surface area (Å²) in [6.07, 6.45) is 0. The lowest BCUT2D eigenvalue weighted by Gasteiger charge is -2.29. The first-order chi connectivity index (χ1) is 8.41. The van der Waals surface area contributed by atoms with Crippen LogP contribution in [0.5, 0.6) is 0 Å². The maximum absolute atomic E-state index is 5.86. The summed E-state index contributed by atoms with van der Waals surface area (Å²) in [4.78, 5) is 10.7. The van der Waals surface area contributed by atoms with Gasteiger partial charge in [-0.25, -0.2) is 4.89 Å². The summed E-state index contributed by atoms with van der Waals surface area (Å²) in [7, 11) is 0. The second-order valence-corrected chi connectivity index (χ2v) is 5.48. The summed E-state index contributed by atoms with van der Waals surface area (Å²) in [5, 5.41) is 0.642. The highest BCUT2D eigenvalue weighted by Gasteiger charge is 2.43. The fraction of sp³-hybridized carbons (Fsp3) is 0.538. The first kappa shape index (κ1) is 13.8. The molecule has 0 saturated carbocycles. The molecule has 100 valence electrons. The van der Waals surface area contributed by atoms with Crippen molar-refractivity contribution in [2.24, 2.45) is 0 Å². The molecule has 2 rings (SSSR count). The van der Waals surface area contributed by atoms with E-state index in [-0.39, 0.29) is 0 Å². The molecule has 1 fully saturated rings. The lowest BCUT2D eigenvalue weighted by Crippen LogP contribution is -2.34.